The average molecular weight is 627 g/mol. The molecule has 3 nitrogen and oxygen atoms in total. The predicted molar refractivity (Wildman–Crippen MR) is 206 cm³/mol. The Bertz CT molecular complexity index is 2830. The van der Waals surface area contributed by atoms with Gasteiger partial charge in [-0.15, -0.1) is 0 Å². The smallest absolute Gasteiger partial charge is 0.143 e. The summed E-state index contributed by atoms with van der Waals surface area (Å²) in [6.07, 6.45) is 0. The van der Waals surface area contributed by atoms with E-state index >= 15 is 0 Å². The molecule has 10 aromatic rings. The first-order chi connectivity index (χ1) is 24.3. The van der Waals surface area contributed by atoms with E-state index in [-0.39, 0.29) is 0 Å². The molecule has 0 aliphatic carbocycles. The molecule has 0 amide bonds. The van der Waals surface area contributed by atoms with E-state index in [2.05, 4.69) is 191 Å². The summed E-state index contributed by atoms with van der Waals surface area (Å²) < 4.78 is 9.05. The highest BCUT2D eigenvalue weighted by atomic mass is 16.3. The van der Waals surface area contributed by atoms with E-state index in [1.54, 1.807) is 0 Å². The first-order valence-electron chi connectivity index (χ1n) is 16.7. The number of hydrogen-bond donors (Lipinski definition) is 0. The summed E-state index contributed by atoms with van der Waals surface area (Å²) in [5, 5.41) is 7.01. The SMILES string of the molecule is c1ccc(-c2cccc(N(c3ccc4c(c3)oc3c5ccccc5ccc43)c3ccc4c5ccccc5n(-c5ccccc5)c4c3)c2)cc1. The highest BCUT2D eigenvalue weighted by molar-refractivity contribution is 6.15. The van der Waals surface area contributed by atoms with Crippen LogP contribution in [0.15, 0.2) is 186 Å². The van der Waals surface area contributed by atoms with Crippen LogP contribution in [0.5, 0.6) is 0 Å². The van der Waals surface area contributed by atoms with Crippen molar-refractivity contribution in [1.82, 2.24) is 4.57 Å². The van der Waals surface area contributed by atoms with E-state index in [9.17, 15) is 0 Å². The van der Waals surface area contributed by atoms with Gasteiger partial charge in [-0.25, -0.2) is 0 Å². The number of para-hydroxylation sites is 2. The van der Waals surface area contributed by atoms with Crippen LogP contribution in [0, 0.1) is 0 Å². The van der Waals surface area contributed by atoms with Crippen molar-refractivity contribution in [3.8, 4) is 16.8 Å². The van der Waals surface area contributed by atoms with Crippen LogP contribution < -0.4 is 4.90 Å². The van der Waals surface area contributed by atoms with Gasteiger partial charge in [0.2, 0.25) is 0 Å². The molecule has 8 aromatic carbocycles. The van der Waals surface area contributed by atoms with Crippen molar-refractivity contribution < 1.29 is 4.42 Å². The number of furan rings is 1. The van der Waals surface area contributed by atoms with Gasteiger partial charge in [0.25, 0.3) is 0 Å². The second kappa shape index (κ2) is 11.0. The largest absolute Gasteiger partial charge is 0.455 e. The fraction of sp³-hybridized carbons (Fsp3) is 0. The molecular weight excluding hydrogens is 597 g/mol. The van der Waals surface area contributed by atoms with E-state index < -0.39 is 0 Å². The third-order valence-corrected chi connectivity index (χ3v) is 9.75. The predicted octanol–water partition coefficient (Wildman–Crippen LogP) is 13.0. The van der Waals surface area contributed by atoms with Crippen molar-refractivity contribution in [2.24, 2.45) is 0 Å². The van der Waals surface area contributed by atoms with Gasteiger partial charge in [0, 0.05) is 55.7 Å². The average Bonchev–Trinajstić information content (AvgIpc) is 3.71. The standard InChI is InChI=1S/C46H30N2O/c1-3-12-31(13-4-1)33-15-11-18-35(28-33)47(37-24-27-41-42-25-22-32-14-7-8-19-38(32)46(42)49-45(41)30-37)36-23-26-40-39-20-9-10-21-43(39)48(44(40)29-36)34-16-5-2-6-17-34/h1-30H. The number of fused-ring (bicyclic) bond motifs is 8. The number of benzene rings is 8. The van der Waals surface area contributed by atoms with Gasteiger partial charge in [-0.2, -0.15) is 0 Å². The first kappa shape index (κ1) is 27.5. The van der Waals surface area contributed by atoms with Crippen LogP contribution in [0.2, 0.25) is 0 Å². The molecule has 0 N–H and O–H groups in total. The van der Waals surface area contributed by atoms with E-state index in [1.807, 2.05) is 0 Å². The molecule has 230 valence electrons. The Hall–Kier alpha value is -6.58. The van der Waals surface area contributed by atoms with Crippen LogP contribution in [-0.4, -0.2) is 4.57 Å². The maximum absolute atomic E-state index is 6.68. The molecule has 0 bridgehead atoms. The molecular formula is C46H30N2O. The quantitative estimate of drug-likeness (QED) is 0.190. The number of rotatable bonds is 5. The topological polar surface area (TPSA) is 21.3 Å². The van der Waals surface area contributed by atoms with Crippen molar-refractivity contribution >= 4 is 71.6 Å². The first-order valence-corrected chi connectivity index (χ1v) is 16.7. The molecule has 0 unspecified atom stereocenters. The van der Waals surface area contributed by atoms with E-state index in [4.69, 9.17) is 4.42 Å². The zero-order chi connectivity index (χ0) is 32.3. The maximum Gasteiger partial charge on any atom is 0.143 e. The second-order valence-electron chi connectivity index (χ2n) is 12.6. The van der Waals surface area contributed by atoms with E-state index in [1.165, 1.54) is 32.8 Å². The van der Waals surface area contributed by atoms with Crippen LogP contribution in [0.4, 0.5) is 17.1 Å². The van der Waals surface area contributed by atoms with Gasteiger partial charge >= 0.3 is 0 Å². The molecule has 10 rings (SSSR count). The van der Waals surface area contributed by atoms with Crippen molar-refractivity contribution in [1.29, 1.82) is 0 Å². The highest BCUT2D eigenvalue weighted by Gasteiger charge is 2.20. The van der Waals surface area contributed by atoms with Gasteiger partial charge in [0.05, 0.1) is 11.0 Å². The number of aromatic nitrogens is 1. The summed E-state index contributed by atoms with van der Waals surface area (Å²) in [6, 6.07) is 65.0. The fourth-order valence-corrected chi connectivity index (χ4v) is 7.49. The molecule has 0 saturated carbocycles. The minimum Gasteiger partial charge on any atom is -0.455 e. The molecule has 0 atom stereocenters. The van der Waals surface area contributed by atoms with Gasteiger partial charge < -0.3 is 13.9 Å². The van der Waals surface area contributed by atoms with E-state index in [0.29, 0.717) is 0 Å². The molecule has 49 heavy (non-hydrogen) atoms. The summed E-state index contributed by atoms with van der Waals surface area (Å²) in [5.41, 5.74) is 10.8. The molecule has 0 aliphatic heterocycles. The Kier molecular flexibility index (Phi) is 6.18. The van der Waals surface area contributed by atoms with Crippen molar-refractivity contribution in [2.75, 3.05) is 4.90 Å². The molecule has 2 heterocycles. The van der Waals surface area contributed by atoms with Crippen LogP contribution >= 0.6 is 0 Å². The molecule has 3 heteroatoms. The van der Waals surface area contributed by atoms with Crippen LogP contribution in [0.1, 0.15) is 0 Å². The lowest BCUT2D eigenvalue weighted by molar-refractivity contribution is 0.672. The lowest BCUT2D eigenvalue weighted by Crippen LogP contribution is -2.10. The van der Waals surface area contributed by atoms with Crippen molar-refractivity contribution in [2.45, 2.75) is 0 Å². The monoisotopic (exact) mass is 626 g/mol. The number of anilines is 3. The summed E-state index contributed by atoms with van der Waals surface area (Å²) in [6.45, 7) is 0. The Morgan fingerprint density at radius 2 is 1.02 bits per heavy atom. The number of nitrogens with zero attached hydrogens (tertiary/aromatic N) is 2. The Morgan fingerprint density at radius 3 is 1.88 bits per heavy atom. The third-order valence-electron chi connectivity index (χ3n) is 9.75. The zero-order valence-electron chi connectivity index (χ0n) is 26.6. The summed E-state index contributed by atoms with van der Waals surface area (Å²) in [5.74, 6) is 0. The molecule has 0 saturated heterocycles. The Balaban J connectivity index is 1.22. The van der Waals surface area contributed by atoms with Crippen molar-refractivity contribution in [3.05, 3.63) is 182 Å². The lowest BCUT2D eigenvalue weighted by atomic mass is 10.0. The lowest BCUT2D eigenvalue weighted by Gasteiger charge is -2.26. The molecule has 0 spiro atoms. The third kappa shape index (κ3) is 4.44. The van der Waals surface area contributed by atoms with E-state index in [0.717, 1.165) is 55.6 Å². The second-order valence-corrected chi connectivity index (χ2v) is 12.6. The molecule has 0 fully saturated rings. The summed E-state index contributed by atoms with van der Waals surface area (Å²) in [4.78, 5) is 2.35. The zero-order valence-corrected chi connectivity index (χ0v) is 26.6. The number of hydrogen-bond acceptors (Lipinski definition) is 2. The minimum absolute atomic E-state index is 0.868. The van der Waals surface area contributed by atoms with Crippen LogP contribution in [-0.2, 0) is 0 Å². The van der Waals surface area contributed by atoms with Gasteiger partial charge in [-0.1, -0.05) is 115 Å². The molecule has 0 aliphatic rings. The van der Waals surface area contributed by atoms with Crippen LogP contribution in [0.3, 0.4) is 0 Å². The minimum atomic E-state index is 0.868. The fourth-order valence-electron chi connectivity index (χ4n) is 7.49. The van der Waals surface area contributed by atoms with Gasteiger partial charge in [0.1, 0.15) is 11.2 Å². The normalized spacial score (nSPS) is 11.7. The van der Waals surface area contributed by atoms with Gasteiger partial charge in [-0.3, -0.25) is 0 Å². The Morgan fingerprint density at radius 1 is 0.388 bits per heavy atom. The van der Waals surface area contributed by atoms with Gasteiger partial charge in [0.15, 0.2) is 0 Å². The molecule has 2 aromatic heterocycles. The van der Waals surface area contributed by atoms with Crippen molar-refractivity contribution in [3.63, 3.8) is 0 Å². The maximum atomic E-state index is 6.68. The van der Waals surface area contributed by atoms with Crippen LogP contribution in [0.25, 0.3) is 71.3 Å². The van der Waals surface area contributed by atoms with Gasteiger partial charge in [-0.05, 0) is 77.2 Å². The Labute approximate surface area is 283 Å². The summed E-state index contributed by atoms with van der Waals surface area (Å²) >= 11 is 0. The summed E-state index contributed by atoms with van der Waals surface area (Å²) in [7, 11) is 0. The highest BCUT2D eigenvalue weighted by Crippen LogP contribution is 2.43. The molecule has 0 radical (unpaired) electrons.